The van der Waals surface area contributed by atoms with Gasteiger partial charge in [-0.05, 0) is 12.1 Å². The minimum Gasteiger partial charge on any atom is -0.360 e. The van der Waals surface area contributed by atoms with E-state index < -0.39 is 53.7 Å². The monoisotopic (exact) mass is 505 g/mol. The first-order valence-corrected chi connectivity index (χ1v) is 11.0. The summed E-state index contributed by atoms with van der Waals surface area (Å²) in [6.45, 7) is 0.00813. The Morgan fingerprint density at radius 1 is 1.22 bits per heavy atom. The van der Waals surface area contributed by atoms with Crippen LogP contribution in [0.3, 0.4) is 0 Å². The minimum atomic E-state index is -1.58. The molecule has 1 aromatic heterocycles. The second-order valence-electron chi connectivity index (χ2n) is 8.33. The van der Waals surface area contributed by atoms with Crippen molar-refractivity contribution in [3.63, 3.8) is 0 Å². The standard InChI is InChI=1S/C23H22F3N5O5/c1-33-23(13-5-3-2-4-6-13)34-11-19-21(36-23)17(9-18(35-19)22(32)28-27)31-10-16(29-30-31)12-7-14(24)20(26)15(25)8-12/h2-8,10,17-19,21H,9,11,27H2,1H3,(H,28,32). The van der Waals surface area contributed by atoms with Gasteiger partial charge in [0.25, 0.3) is 5.91 Å². The maximum atomic E-state index is 13.8. The number of hydrazine groups is 1. The maximum absolute atomic E-state index is 13.8. The average Bonchev–Trinajstić information content (AvgIpc) is 3.40. The molecule has 3 heterocycles. The Kier molecular flexibility index (Phi) is 6.49. The number of fused-ring (bicyclic) bond motifs is 1. The van der Waals surface area contributed by atoms with Crippen molar-refractivity contribution in [2.75, 3.05) is 13.7 Å². The number of amides is 1. The van der Waals surface area contributed by atoms with Gasteiger partial charge in [-0.15, -0.1) is 5.10 Å². The van der Waals surface area contributed by atoms with Crippen molar-refractivity contribution in [3.8, 4) is 11.3 Å². The third kappa shape index (κ3) is 4.24. The maximum Gasteiger partial charge on any atom is 0.312 e. The molecule has 5 atom stereocenters. The highest BCUT2D eigenvalue weighted by atomic mass is 19.2. The fraction of sp³-hybridized carbons (Fsp3) is 0.348. The van der Waals surface area contributed by atoms with Crippen LogP contribution in [0.25, 0.3) is 11.3 Å². The molecule has 0 saturated carbocycles. The van der Waals surface area contributed by atoms with Crippen molar-refractivity contribution >= 4 is 5.91 Å². The van der Waals surface area contributed by atoms with Crippen LogP contribution in [0.2, 0.25) is 0 Å². The quantitative estimate of drug-likeness (QED) is 0.233. The molecule has 10 nitrogen and oxygen atoms in total. The van der Waals surface area contributed by atoms with Gasteiger partial charge in [0.05, 0.1) is 18.8 Å². The zero-order valence-corrected chi connectivity index (χ0v) is 18.9. The number of methoxy groups -OCH3 is 1. The highest BCUT2D eigenvalue weighted by molar-refractivity contribution is 5.80. The van der Waals surface area contributed by atoms with E-state index in [9.17, 15) is 18.0 Å². The molecule has 1 amide bonds. The van der Waals surface area contributed by atoms with Crippen molar-refractivity contribution in [3.05, 3.63) is 71.7 Å². The lowest BCUT2D eigenvalue weighted by atomic mass is 9.93. The summed E-state index contributed by atoms with van der Waals surface area (Å²) >= 11 is 0. The predicted octanol–water partition coefficient (Wildman–Crippen LogP) is 1.92. The lowest BCUT2D eigenvalue weighted by Gasteiger charge is -2.49. The average molecular weight is 505 g/mol. The number of benzene rings is 2. The molecule has 0 aliphatic carbocycles. The topological polar surface area (TPSA) is 123 Å². The van der Waals surface area contributed by atoms with E-state index >= 15 is 0 Å². The van der Waals surface area contributed by atoms with Crippen LogP contribution in [0.1, 0.15) is 18.0 Å². The molecule has 0 radical (unpaired) electrons. The number of hydrogen-bond acceptors (Lipinski definition) is 8. The van der Waals surface area contributed by atoms with Gasteiger partial charge >= 0.3 is 5.97 Å². The number of nitrogens with zero attached hydrogens (tertiary/aromatic N) is 3. The van der Waals surface area contributed by atoms with Crippen molar-refractivity contribution in [1.82, 2.24) is 20.4 Å². The predicted molar refractivity (Wildman–Crippen MR) is 116 cm³/mol. The number of nitrogens with one attached hydrogen (secondary N) is 1. The van der Waals surface area contributed by atoms with Crippen LogP contribution >= 0.6 is 0 Å². The number of hydrogen-bond donors (Lipinski definition) is 2. The van der Waals surface area contributed by atoms with Crippen LogP contribution in [0.5, 0.6) is 0 Å². The zero-order valence-electron chi connectivity index (χ0n) is 18.9. The smallest absolute Gasteiger partial charge is 0.312 e. The highest BCUT2D eigenvalue weighted by Crippen LogP contribution is 2.42. The number of aromatic nitrogens is 3. The van der Waals surface area contributed by atoms with E-state index in [1.807, 2.05) is 6.07 Å². The SMILES string of the molecule is COC1(c2ccccc2)OCC2OC(C(=O)NN)CC(n3cc(-c4cc(F)c(F)c(F)c4)nn3)C2O1. The molecule has 5 unspecified atom stereocenters. The number of carbonyl (C=O) groups excluding carboxylic acids is 1. The van der Waals surface area contributed by atoms with Crippen LogP contribution in [-0.2, 0) is 29.7 Å². The van der Waals surface area contributed by atoms with E-state index in [0.717, 1.165) is 12.1 Å². The molecule has 2 aliphatic rings. The second kappa shape index (κ2) is 9.59. The largest absolute Gasteiger partial charge is 0.360 e. The molecule has 2 fully saturated rings. The molecular weight excluding hydrogens is 483 g/mol. The Labute approximate surface area is 203 Å². The number of nitrogens with two attached hydrogens (primary N) is 1. The Bertz CT molecular complexity index is 1240. The van der Waals surface area contributed by atoms with Gasteiger partial charge in [-0.25, -0.2) is 23.7 Å². The molecule has 13 heteroatoms. The van der Waals surface area contributed by atoms with E-state index in [1.54, 1.807) is 24.3 Å². The van der Waals surface area contributed by atoms with Crippen molar-refractivity contribution in [2.24, 2.45) is 5.84 Å². The summed E-state index contributed by atoms with van der Waals surface area (Å²) in [6, 6.07) is 9.98. The Balaban J connectivity index is 1.51. The van der Waals surface area contributed by atoms with Crippen LogP contribution in [0, 0.1) is 17.5 Å². The Morgan fingerprint density at radius 3 is 2.61 bits per heavy atom. The third-order valence-corrected chi connectivity index (χ3v) is 6.23. The van der Waals surface area contributed by atoms with Gasteiger partial charge in [0.1, 0.15) is 24.0 Å². The molecule has 3 aromatic rings. The lowest BCUT2D eigenvalue weighted by Crippen LogP contribution is -2.60. The van der Waals surface area contributed by atoms with Crippen LogP contribution in [0.15, 0.2) is 48.7 Å². The fourth-order valence-electron chi connectivity index (χ4n) is 4.45. The van der Waals surface area contributed by atoms with Crippen LogP contribution in [-0.4, -0.2) is 52.9 Å². The molecule has 2 saturated heterocycles. The number of carbonyl (C=O) groups is 1. The summed E-state index contributed by atoms with van der Waals surface area (Å²) in [5, 5.41) is 8.09. The van der Waals surface area contributed by atoms with Gasteiger partial charge in [-0.2, -0.15) is 0 Å². The Morgan fingerprint density at radius 2 is 1.94 bits per heavy atom. The fourth-order valence-corrected chi connectivity index (χ4v) is 4.45. The first-order chi connectivity index (χ1) is 17.3. The Hall–Kier alpha value is -3.36. The van der Waals surface area contributed by atoms with Gasteiger partial charge in [-0.3, -0.25) is 10.2 Å². The van der Waals surface area contributed by atoms with Crippen LogP contribution < -0.4 is 11.3 Å². The van der Waals surface area contributed by atoms with Crippen molar-refractivity contribution in [1.29, 1.82) is 0 Å². The van der Waals surface area contributed by atoms with Gasteiger partial charge in [0.2, 0.25) is 0 Å². The van der Waals surface area contributed by atoms with Crippen molar-refractivity contribution in [2.45, 2.75) is 36.7 Å². The molecule has 3 N–H and O–H groups in total. The molecule has 36 heavy (non-hydrogen) atoms. The summed E-state index contributed by atoms with van der Waals surface area (Å²) in [7, 11) is 1.43. The molecular formula is C23H22F3N5O5. The van der Waals surface area contributed by atoms with Gasteiger partial charge < -0.3 is 18.9 Å². The number of halogens is 3. The zero-order chi connectivity index (χ0) is 25.4. The first-order valence-electron chi connectivity index (χ1n) is 11.0. The highest BCUT2D eigenvalue weighted by Gasteiger charge is 2.53. The summed E-state index contributed by atoms with van der Waals surface area (Å²) in [6.07, 6.45) is -0.919. The molecule has 2 aliphatic heterocycles. The van der Waals surface area contributed by atoms with E-state index in [4.69, 9.17) is 24.8 Å². The van der Waals surface area contributed by atoms with Crippen molar-refractivity contribution < 1.29 is 36.9 Å². The second-order valence-corrected chi connectivity index (χ2v) is 8.33. The molecule has 0 spiro atoms. The van der Waals surface area contributed by atoms with E-state index in [0.29, 0.717) is 5.56 Å². The molecule has 0 bridgehead atoms. The van der Waals surface area contributed by atoms with E-state index in [-0.39, 0.29) is 24.3 Å². The number of ether oxygens (including phenoxy) is 4. The molecule has 190 valence electrons. The summed E-state index contributed by atoms with van der Waals surface area (Å²) < 4.78 is 66.2. The number of rotatable bonds is 5. The third-order valence-electron chi connectivity index (χ3n) is 6.23. The van der Waals surface area contributed by atoms with Crippen LogP contribution in [0.4, 0.5) is 13.2 Å². The normalized spacial score (nSPS) is 27.9. The summed E-state index contributed by atoms with van der Waals surface area (Å²) in [5.74, 6) is -1.09. The van der Waals surface area contributed by atoms with Gasteiger partial charge in [0, 0.05) is 24.7 Å². The molecule has 2 aromatic carbocycles. The van der Waals surface area contributed by atoms with E-state index in [2.05, 4.69) is 15.7 Å². The molecule has 5 rings (SSSR count). The van der Waals surface area contributed by atoms with Gasteiger partial charge in [-0.1, -0.05) is 35.5 Å². The minimum absolute atomic E-state index is 0.00813. The lowest BCUT2D eigenvalue weighted by molar-refractivity contribution is -0.447. The first kappa shape index (κ1) is 24.3. The summed E-state index contributed by atoms with van der Waals surface area (Å²) in [4.78, 5) is 12.3. The summed E-state index contributed by atoms with van der Waals surface area (Å²) in [5.41, 5.74) is 2.74. The van der Waals surface area contributed by atoms with E-state index in [1.165, 1.54) is 18.0 Å². The van der Waals surface area contributed by atoms with Gasteiger partial charge in [0.15, 0.2) is 17.5 Å².